The molecule has 0 saturated carbocycles. The topological polar surface area (TPSA) is 72.1 Å². The maximum atomic E-state index is 10.3. The van der Waals surface area contributed by atoms with Gasteiger partial charge in [0, 0.05) is 32.2 Å². The Kier molecular flexibility index (Phi) is 15.5. The van der Waals surface area contributed by atoms with E-state index in [0.717, 1.165) is 52.0 Å². The number of nitriles is 2. The molecule has 0 aliphatic heterocycles. The molecule has 0 aromatic heterocycles. The first kappa shape index (κ1) is 38.8. The van der Waals surface area contributed by atoms with Gasteiger partial charge in [-0.2, -0.15) is 10.5 Å². The van der Waals surface area contributed by atoms with E-state index in [1.807, 2.05) is 23.5 Å². The number of nitrogens with one attached hydrogen (secondary N) is 1. The maximum Gasteiger partial charge on any atom is 0.0866 e. The highest BCUT2D eigenvalue weighted by Crippen LogP contribution is 2.41. The number of hydrogen-bond acceptors (Lipinski definition) is 6. The monoisotopic (exact) mass is 696 g/mol. The molecule has 3 aromatic rings. The molecule has 0 spiro atoms. The van der Waals surface area contributed by atoms with Crippen LogP contribution in [0.1, 0.15) is 61.4 Å². The van der Waals surface area contributed by atoms with Crippen molar-refractivity contribution in [2.24, 2.45) is 11.8 Å². The third-order valence-electron chi connectivity index (χ3n) is 8.35. The third-order valence-corrected chi connectivity index (χ3v) is 10.2. The van der Waals surface area contributed by atoms with E-state index in [2.05, 4.69) is 74.6 Å². The van der Waals surface area contributed by atoms with Crippen LogP contribution in [-0.2, 0) is 30.6 Å². The summed E-state index contributed by atoms with van der Waals surface area (Å²) in [6, 6.07) is 21.6. The Morgan fingerprint density at radius 3 is 2.26 bits per heavy atom. The van der Waals surface area contributed by atoms with Crippen LogP contribution in [0.4, 0.5) is 4.39 Å². The molecule has 4 rings (SSSR count). The van der Waals surface area contributed by atoms with Gasteiger partial charge in [-0.25, -0.2) is 4.31 Å². The van der Waals surface area contributed by atoms with Gasteiger partial charge in [-0.15, -0.1) is 0 Å². The molecule has 0 amide bonds. The number of fused-ring (bicyclic) bond motifs is 1. The summed E-state index contributed by atoms with van der Waals surface area (Å²) < 4.78 is 17.7. The van der Waals surface area contributed by atoms with Gasteiger partial charge in [0.15, 0.2) is 0 Å². The lowest BCUT2D eigenvalue weighted by Crippen LogP contribution is -2.44. The molecule has 1 N–H and O–H groups in total. The Morgan fingerprint density at radius 2 is 1.70 bits per heavy atom. The van der Waals surface area contributed by atoms with Gasteiger partial charge in [0.1, 0.15) is 0 Å². The van der Waals surface area contributed by atoms with Gasteiger partial charge in [-0.1, -0.05) is 53.5 Å². The summed E-state index contributed by atoms with van der Waals surface area (Å²) in [6.07, 6.45) is 4.39. The molecule has 5 nitrogen and oxygen atoms in total. The van der Waals surface area contributed by atoms with Gasteiger partial charge in [0.05, 0.1) is 46.3 Å². The summed E-state index contributed by atoms with van der Waals surface area (Å²) in [6.45, 7) is 9.41. The highest BCUT2D eigenvalue weighted by molar-refractivity contribution is 7.97. The minimum absolute atomic E-state index is 0.0683. The normalized spacial score (nSPS) is 13.4. The van der Waals surface area contributed by atoms with E-state index in [1.165, 1.54) is 30.0 Å². The lowest BCUT2D eigenvalue weighted by molar-refractivity contribution is 0.184. The highest BCUT2D eigenvalue weighted by atomic mass is 35.5. The van der Waals surface area contributed by atoms with Gasteiger partial charge in [0.2, 0.25) is 0 Å². The molecule has 1 aliphatic carbocycles. The molecular weight excluding hydrogens is 650 g/mol. The summed E-state index contributed by atoms with van der Waals surface area (Å²) in [4.78, 5) is 0.758. The molecule has 0 heterocycles. The number of alkyl halides is 1. The number of ether oxygens (including phenoxy) is 1. The lowest BCUT2D eigenvalue weighted by Gasteiger charge is -2.31. The minimum atomic E-state index is -0.250. The summed E-state index contributed by atoms with van der Waals surface area (Å²) in [7, 11) is 3.65. The van der Waals surface area contributed by atoms with E-state index in [-0.39, 0.29) is 18.1 Å². The summed E-state index contributed by atoms with van der Waals surface area (Å²) in [5.74, 6) is 0.425. The van der Waals surface area contributed by atoms with Crippen molar-refractivity contribution in [3.8, 4) is 23.3 Å². The third kappa shape index (κ3) is 11.5. The number of aryl methyl sites for hydroxylation is 2. The van der Waals surface area contributed by atoms with E-state index >= 15 is 0 Å². The zero-order chi connectivity index (χ0) is 34.6. The van der Waals surface area contributed by atoms with Gasteiger partial charge in [-0.3, -0.25) is 4.39 Å². The fourth-order valence-electron chi connectivity index (χ4n) is 6.23. The quantitative estimate of drug-likeness (QED) is 0.169. The second kappa shape index (κ2) is 18.8. The molecule has 0 radical (unpaired) electrons. The highest BCUT2D eigenvalue weighted by Gasteiger charge is 2.29. The Hall–Kier alpha value is -2.62. The van der Waals surface area contributed by atoms with Crippen LogP contribution in [-0.4, -0.2) is 43.8 Å². The number of methoxy groups -OCH3 is 1. The predicted octanol–water partition coefficient (Wildman–Crippen LogP) is 9.80. The van der Waals surface area contributed by atoms with Crippen molar-refractivity contribution in [2.45, 2.75) is 76.8 Å². The number of rotatable bonds is 14. The average molecular weight is 698 g/mol. The zero-order valence-electron chi connectivity index (χ0n) is 28.4. The summed E-state index contributed by atoms with van der Waals surface area (Å²) in [5, 5.41) is 24.0. The van der Waals surface area contributed by atoms with Crippen molar-refractivity contribution in [1.82, 2.24) is 9.62 Å². The maximum absolute atomic E-state index is 10.3. The number of hydrogen-bond donors (Lipinski definition) is 1. The van der Waals surface area contributed by atoms with Crippen LogP contribution in [0.5, 0.6) is 0 Å². The van der Waals surface area contributed by atoms with Crippen molar-refractivity contribution in [3.63, 3.8) is 0 Å². The molecule has 252 valence electrons. The van der Waals surface area contributed by atoms with Crippen molar-refractivity contribution < 1.29 is 9.13 Å². The van der Waals surface area contributed by atoms with Gasteiger partial charge in [0.25, 0.3) is 0 Å². The molecule has 0 saturated heterocycles. The summed E-state index contributed by atoms with van der Waals surface area (Å²) in [5.41, 5.74) is 8.09. The predicted molar refractivity (Wildman–Crippen MR) is 195 cm³/mol. The Labute approximate surface area is 295 Å². The standard InChI is InChI=1S/C36H42Cl2N4OS.C2H5F/c1-24-13-29(11-8-12-39)32(16-31(24)23-43-5)30-17-33(37)35(34(38)18-30)44-42(4)22-26(20-40)21-41-36(2,3)19-25-14-27-9-6-7-10-28(27)15-25;1-2-3/h6-7,9-10,13,16-18,25-26,41H,8,11,14-15,19,21-23H2,1-5H3;2H2,1H3. The van der Waals surface area contributed by atoms with Gasteiger partial charge < -0.3 is 10.1 Å². The van der Waals surface area contributed by atoms with Crippen molar-refractivity contribution in [3.05, 3.63) is 86.4 Å². The van der Waals surface area contributed by atoms with E-state index in [4.69, 9.17) is 27.9 Å². The molecule has 1 unspecified atom stereocenters. The second-order valence-corrected chi connectivity index (χ2v) is 14.8. The minimum Gasteiger partial charge on any atom is -0.380 e. The molecule has 3 aromatic carbocycles. The number of nitrogens with zero attached hydrogens (tertiary/aromatic N) is 3. The van der Waals surface area contributed by atoms with Crippen LogP contribution in [0.3, 0.4) is 0 Å². The van der Waals surface area contributed by atoms with E-state index in [1.54, 1.807) is 7.11 Å². The van der Waals surface area contributed by atoms with Crippen LogP contribution in [0.2, 0.25) is 10.0 Å². The molecule has 0 fully saturated rings. The summed E-state index contributed by atoms with van der Waals surface area (Å²) >= 11 is 15.1. The molecule has 9 heteroatoms. The molecular formula is C38H47Cl2FN4OS. The van der Waals surface area contributed by atoms with Crippen LogP contribution < -0.4 is 5.32 Å². The van der Waals surface area contributed by atoms with Crippen molar-refractivity contribution in [1.29, 1.82) is 10.5 Å². The Bertz CT molecular complexity index is 1520. The molecule has 47 heavy (non-hydrogen) atoms. The first-order valence-corrected chi connectivity index (χ1v) is 17.6. The SMILES string of the molecule is CCF.COCc1cc(-c2cc(Cl)c(SN(C)CC(C#N)CNC(C)(C)CC3Cc4ccccc4C3)c(Cl)c2)c(CCC#N)cc1C. The molecule has 1 atom stereocenters. The lowest BCUT2D eigenvalue weighted by atomic mass is 9.88. The van der Waals surface area contributed by atoms with E-state index < -0.39 is 0 Å². The smallest absolute Gasteiger partial charge is 0.0866 e. The largest absolute Gasteiger partial charge is 0.380 e. The van der Waals surface area contributed by atoms with Crippen molar-refractivity contribution in [2.75, 3.05) is 33.9 Å². The second-order valence-electron chi connectivity index (χ2n) is 12.8. The first-order valence-electron chi connectivity index (χ1n) is 16.1. The fraction of sp³-hybridized carbons (Fsp3) is 0.474. The number of benzene rings is 3. The van der Waals surface area contributed by atoms with Gasteiger partial charge >= 0.3 is 0 Å². The average Bonchev–Trinajstić information content (AvgIpc) is 3.43. The van der Waals surface area contributed by atoms with Gasteiger partial charge in [-0.05, 0) is 135 Å². The van der Waals surface area contributed by atoms with Crippen molar-refractivity contribution >= 4 is 35.1 Å². The van der Waals surface area contributed by atoms with E-state index in [0.29, 0.717) is 48.5 Å². The zero-order valence-corrected chi connectivity index (χ0v) is 30.8. The van der Waals surface area contributed by atoms with Crippen LogP contribution in [0.15, 0.2) is 53.4 Å². The Morgan fingerprint density at radius 1 is 1.09 bits per heavy atom. The van der Waals surface area contributed by atoms with Crippen LogP contribution >= 0.6 is 35.1 Å². The van der Waals surface area contributed by atoms with E-state index in [9.17, 15) is 14.9 Å². The number of halogens is 3. The fourth-order valence-corrected chi connectivity index (χ4v) is 7.79. The van der Waals surface area contributed by atoms with Crippen LogP contribution in [0.25, 0.3) is 11.1 Å². The Balaban J connectivity index is 0.00000192. The molecule has 0 bridgehead atoms. The van der Waals surface area contributed by atoms with Crippen LogP contribution in [0, 0.1) is 41.4 Å². The molecule has 1 aliphatic rings. The first-order chi connectivity index (χ1) is 22.4.